The Labute approximate surface area is 417 Å². The van der Waals surface area contributed by atoms with E-state index in [0.717, 1.165) is 0 Å². The number of nitriles is 16. The molecule has 3 aromatic heterocycles. The molecule has 7 aromatic rings. The number of benzene rings is 4. The van der Waals surface area contributed by atoms with E-state index in [0.29, 0.717) is 0 Å². The van der Waals surface area contributed by atoms with Gasteiger partial charge in [0, 0.05) is 66.4 Å². The summed E-state index contributed by atoms with van der Waals surface area (Å²) in [6.07, 6.45) is 0. The van der Waals surface area contributed by atoms with Gasteiger partial charge in [0.2, 0.25) is 0 Å². The van der Waals surface area contributed by atoms with Crippen molar-refractivity contribution in [1.29, 1.82) is 84.2 Å². The van der Waals surface area contributed by atoms with Gasteiger partial charge in [0.25, 0.3) is 0 Å². The number of fused-ring (bicyclic) bond motifs is 20. The Balaban J connectivity index is 0.00000711. The van der Waals surface area contributed by atoms with Crippen molar-refractivity contribution in [3.05, 3.63) is 89.0 Å². The molecule has 25 heteroatoms. The van der Waals surface area contributed by atoms with Gasteiger partial charge in [0.1, 0.15) is 97.1 Å². The number of hydrogen-bond acceptors (Lipinski definition) is 22. The van der Waals surface area contributed by atoms with Crippen LogP contribution in [-0.4, -0.2) is 29.9 Å². The Morgan fingerprint density at radius 1 is 0.205 bits per heavy atom. The predicted molar refractivity (Wildman–Crippen MR) is 229 cm³/mol. The smallest absolute Gasteiger partial charge is 0.357 e. The van der Waals surface area contributed by atoms with Crippen molar-refractivity contribution in [2.24, 2.45) is 0 Å². The molecule has 0 saturated heterocycles. The van der Waals surface area contributed by atoms with Crippen molar-refractivity contribution in [2.75, 3.05) is 0 Å². The van der Waals surface area contributed by atoms with Gasteiger partial charge in [-0.05, 0) is 0 Å². The van der Waals surface area contributed by atoms with Crippen LogP contribution in [0.1, 0.15) is 89.0 Å². The minimum absolute atomic E-state index is 0. The van der Waals surface area contributed by atoms with E-state index in [4.69, 9.17) is 0 Å². The zero-order valence-electron chi connectivity index (χ0n) is 35.4. The number of aromatic nitrogens is 8. The summed E-state index contributed by atoms with van der Waals surface area (Å²) in [6, 6.07) is 28.3. The molecule has 4 aromatic carbocycles. The molecule has 0 atom stereocenters. The van der Waals surface area contributed by atoms with Gasteiger partial charge in [-0.15, -0.1) is 0 Å². The molecule has 5 heterocycles. The Hall–Kier alpha value is -13.3. The van der Waals surface area contributed by atoms with Gasteiger partial charge in [-0.3, -0.25) is 0 Å². The van der Waals surface area contributed by atoms with Crippen LogP contribution in [0.5, 0.6) is 0 Å². The maximum absolute atomic E-state index is 10.6. The van der Waals surface area contributed by atoms with E-state index in [9.17, 15) is 84.2 Å². The quantitative estimate of drug-likeness (QED) is 0.193. The second-order valence-corrected chi connectivity index (χ2v) is 14.3. The van der Waals surface area contributed by atoms with Crippen molar-refractivity contribution in [2.45, 2.75) is 0 Å². The van der Waals surface area contributed by atoms with Gasteiger partial charge in [-0.2, -0.15) is 84.2 Å². The first kappa shape index (κ1) is 46.2. The van der Waals surface area contributed by atoms with Crippen LogP contribution in [0, 0.1) is 181 Å². The van der Waals surface area contributed by atoms with Crippen LogP contribution >= 0.6 is 0 Å². The molecular formula is C48N24Zn. The van der Waals surface area contributed by atoms with Crippen LogP contribution in [0.3, 0.4) is 0 Å². The summed E-state index contributed by atoms with van der Waals surface area (Å²) >= 11 is 0. The first-order valence-corrected chi connectivity index (χ1v) is 19.2. The molecule has 0 amide bonds. The first-order chi connectivity index (χ1) is 35.0. The summed E-state index contributed by atoms with van der Waals surface area (Å²) < 4.78 is 0. The molecule has 0 saturated carbocycles. The molecule has 0 unspecified atom stereocenters. The molecule has 24 nitrogen and oxygen atoms in total. The van der Waals surface area contributed by atoms with Crippen LogP contribution in [0.4, 0.5) is 0 Å². The Morgan fingerprint density at radius 2 is 0.356 bits per heavy atom. The second kappa shape index (κ2) is 17.2. The molecule has 0 spiro atoms. The van der Waals surface area contributed by atoms with E-state index in [1.54, 1.807) is 48.6 Å². The molecule has 0 N–H and O–H groups in total. The van der Waals surface area contributed by atoms with Crippen LogP contribution in [0.2, 0.25) is 0 Å². The Morgan fingerprint density at radius 3 is 0.507 bits per heavy atom. The molecule has 0 aliphatic carbocycles. The van der Waals surface area contributed by atoms with Crippen molar-refractivity contribution < 1.29 is 19.5 Å². The van der Waals surface area contributed by atoms with Gasteiger partial charge >= 0.3 is 19.5 Å². The summed E-state index contributed by atoms with van der Waals surface area (Å²) in [4.78, 5) is 36.1. The van der Waals surface area contributed by atoms with Gasteiger partial charge in [0.15, 0.2) is 0 Å². The molecular weight excluding hydrogens is 978 g/mol. The predicted octanol–water partition coefficient (Wildman–Crippen LogP) is 4.07. The molecule has 314 valence electrons. The zero-order valence-corrected chi connectivity index (χ0v) is 38.4. The number of rotatable bonds is 0. The average Bonchev–Trinajstić information content (AvgIpc) is 4.15. The van der Waals surface area contributed by atoms with Gasteiger partial charge < -0.3 is 29.9 Å². The Kier molecular flexibility index (Phi) is 10.9. The monoisotopic (exact) mass is 976 g/mol. The van der Waals surface area contributed by atoms with E-state index in [1.165, 1.54) is 0 Å². The van der Waals surface area contributed by atoms with Crippen LogP contribution < -0.4 is 9.97 Å². The summed E-state index contributed by atoms with van der Waals surface area (Å²) in [5.41, 5.74) is -14.3. The standard InChI is InChI=1S/C48N24.Zn/c49-1-17-18(2-50)26(10-58)34-33(25(17)9-57)41-65-42(34)70-44-37-29(13-61)21(5-53)22(6-54)30(14-62)38(37)46(67-44)72-48-40-32(16-64)24(8-56)23(7-55)31(15-63)39(40)47(68-48)71-45-36-28(12-60)20(4-52)19(3-51)27(11-59)35(36)43(66-45)69-41;/q-2;+2. The maximum Gasteiger partial charge on any atom is 2.00 e. The summed E-state index contributed by atoms with van der Waals surface area (Å²) in [7, 11) is 0. The normalized spacial score (nSPS) is 9.86. The molecule has 0 radical (unpaired) electrons. The average molecular weight is 978 g/mol. The fraction of sp³-hybridized carbons (Fsp3) is 0. The first-order valence-electron chi connectivity index (χ1n) is 19.2. The van der Waals surface area contributed by atoms with E-state index in [1.807, 2.05) is 48.6 Å². The summed E-state index contributed by atoms with van der Waals surface area (Å²) in [6.45, 7) is 0. The fourth-order valence-electron chi connectivity index (χ4n) is 8.47. The number of nitrogens with zero attached hydrogens (tertiary/aromatic N) is 24. The molecule has 9 rings (SSSR count). The van der Waals surface area contributed by atoms with Crippen molar-refractivity contribution in [3.8, 4) is 143 Å². The van der Waals surface area contributed by atoms with E-state index in [2.05, 4.69) is 39.9 Å². The van der Waals surface area contributed by atoms with Gasteiger partial charge in [-0.1, -0.05) is 0 Å². The zero-order chi connectivity index (χ0) is 51.4. The number of hydrogen-bond donors (Lipinski definition) is 0. The van der Waals surface area contributed by atoms with E-state index < -0.39 is 179 Å². The third-order valence-corrected chi connectivity index (χ3v) is 11.3. The topological polar surface area (TPSA) is 486 Å². The summed E-state index contributed by atoms with van der Waals surface area (Å²) in [5, 5.41) is 166. The minimum atomic E-state index is -0.642. The van der Waals surface area contributed by atoms with Crippen LogP contribution in [0.25, 0.3) is 89.7 Å². The minimum Gasteiger partial charge on any atom is -0.357 e. The largest absolute Gasteiger partial charge is 2.00 e. The van der Waals surface area contributed by atoms with Crippen LogP contribution in [0.15, 0.2) is 0 Å². The second-order valence-electron chi connectivity index (χ2n) is 14.3. The third kappa shape index (κ3) is 5.91. The van der Waals surface area contributed by atoms with E-state index in [-0.39, 0.29) is 19.5 Å². The third-order valence-electron chi connectivity index (χ3n) is 11.3. The summed E-state index contributed by atoms with van der Waals surface area (Å²) in [5.74, 6) is -2.57. The molecule has 2 aliphatic rings. The molecule has 2 aliphatic heterocycles. The van der Waals surface area contributed by atoms with Crippen molar-refractivity contribution in [1.82, 2.24) is 39.9 Å². The molecule has 8 bridgehead atoms. The SMILES string of the molecule is N#Cc1c(C#N)c(C#N)c2c(c1C#N)-c1nc-2nc2[n-]c(nc3nc(nc4[n-]c(n1)c1c(C#N)c(C#N)c(C#N)c(C#N)c41)-c1c(C#N)c(C#N)c(C#N)c(C#N)c1-3)c1c(C#N)c(C#N)c(C#N)c(C#N)c21.[Zn+2]. The molecule has 0 fully saturated rings. The van der Waals surface area contributed by atoms with Crippen LogP contribution in [-0.2, 0) is 19.5 Å². The fourth-order valence-corrected chi connectivity index (χ4v) is 8.47. The maximum atomic E-state index is 10.6. The van der Waals surface area contributed by atoms with E-state index >= 15 is 0 Å². The van der Waals surface area contributed by atoms with Crippen molar-refractivity contribution in [3.63, 3.8) is 0 Å². The Bertz CT molecular complexity index is 4290. The van der Waals surface area contributed by atoms with Gasteiger partial charge in [-0.25, -0.2) is 9.97 Å². The molecule has 73 heavy (non-hydrogen) atoms. The van der Waals surface area contributed by atoms with Crippen molar-refractivity contribution >= 4 is 44.1 Å². The van der Waals surface area contributed by atoms with Gasteiger partial charge in [0.05, 0.1) is 112 Å².